The zero-order valence-electron chi connectivity index (χ0n) is 6.46. The molecule has 66 valence electrons. The van der Waals surface area contributed by atoms with Crippen molar-refractivity contribution in [2.24, 2.45) is 0 Å². The maximum absolute atomic E-state index is 12.5. The van der Waals surface area contributed by atoms with Crippen molar-refractivity contribution < 1.29 is 13.0 Å². The molecule has 1 aromatic rings. The van der Waals surface area contributed by atoms with Crippen LogP contribution in [0.15, 0.2) is 35.2 Å². The van der Waals surface area contributed by atoms with E-state index in [1.165, 1.54) is 12.1 Å². The highest BCUT2D eigenvalue weighted by atomic mass is 32.2. The molecule has 0 saturated heterocycles. The van der Waals surface area contributed by atoms with E-state index in [0.717, 1.165) is 0 Å². The Morgan fingerprint density at radius 2 is 1.75 bits per heavy atom. The van der Waals surface area contributed by atoms with Gasteiger partial charge in [-0.05, 0) is 12.1 Å². The molecule has 1 unspecified atom stereocenters. The number of hydrogen-bond donors (Lipinski definition) is 0. The van der Waals surface area contributed by atoms with Crippen LogP contribution in [0.3, 0.4) is 0 Å². The molecule has 1 aromatic carbocycles. The largest absolute Gasteiger partial charge is 0.322 e. The van der Waals surface area contributed by atoms with Crippen LogP contribution in [0, 0.1) is 0 Å². The molecule has 0 spiro atoms. The lowest BCUT2D eigenvalue weighted by Gasteiger charge is -2.08. The average molecular weight is 190 g/mol. The third-order valence-corrected chi connectivity index (χ3v) is 2.63. The first kappa shape index (κ1) is 9.32. The quantitative estimate of drug-likeness (QED) is 0.699. The van der Waals surface area contributed by atoms with E-state index >= 15 is 0 Å². The van der Waals surface area contributed by atoms with E-state index in [1.54, 1.807) is 18.2 Å². The molecular formula is C8H8F2OS. The van der Waals surface area contributed by atoms with Gasteiger partial charge in [-0.2, -0.15) is 8.78 Å². The Balaban J connectivity index is 2.94. The molecule has 1 nitrogen and oxygen atoms in total. The van der Waals surface area contributed by atoms with Crippen molar-refractivity contribution >= 4 is 10.8 Å². The summed E-state index contributed by atoms with van der Waals surface area (Å²) in [5.41, 5.74) is 0. The summed E-state index contributed by atoms with van der Waals surface area (Å²) in [5, 5.41) is -3.17. The lowest BCUT2D eigenvalue weighted by Crippen LogP contribution is -2.17. The number of halogens is 2. The summed E-state index contributed by atoms with van der Waals surface area (Å²) in [4.78, 5) is 0.157. The smallest absolute Gasteiger partial charge is 0.248 e. The topological polar surface area (TPSA) is 17.1 Å². The molecule has 0 N–H and O–H groups in total. The Labute approximate surface area is 71.9 Å². The van der Waals surface area contributed by atoms with Crippen LogP contribution in [0.4, 0.5) is 8.78 Å². The summed E-state index contributed by atoms with van der Waals surface area (Å²) in [5.74, 6) is 0. The normalized spacial score (nSPS) is 14.2. The highest BCUT2D eigenvalue weighted by Gasteiger charge is 2.31. The first-order valence-corrected chi connectivity index (χ1v) is 4.51. The molecule has 0 amide bonds. The van der Waals surface area contributed by atoms with Crippen molar-refractivity contribution in [2.45, 2.75) is 17.1 Å². The molecular weight excluding hydrogens is 182 g/mol. The lowest BCUT2D eigenvalue weighted by atomic mass is 10.4. The van der Waals surface area contributed by atoms with Crippen LogP contribution in [-0.4, -0.2) is 9.46 Å². The van der Waals surface area contributed by atoms with Crippen molar-refractivity contribution in [3.63, 3.8) is 0 Å². The molecule has 0 radical (unpaired) electrons. The Morgan fingerprint density at radius 3 is 2.17 bits per heavy atom. The molecule has 0 aliphatic carbocycles. The molecule has 0 aliphatic rings. The Kier molecular flexibility index (Phi) is 2.57. The number of benzene rings is 1. The van der Waals surface area contributed by atoms with Gasteiger partial charge in [-0.1, -0.05) is 18.2 Å². The summed E-state index contributed by atoms with van der Waals surface area (Å²) >= 11 is 0. The molecule has 1 rings (SSSR count). The monoisotopic (exact) mass is 190 g/mol. The molecule has 12 heavy (non-hydrogen) atoms. The highest BCUT2D eigenvalue weighted by Crippen LogP contribution is 2.23. The Hall–Kier alpha value is -0.770. The lowest BCUT2D eigenvalue weighted by molar-refractivity contribution is 0.121. The zero-order valence-corrected chi connectivity index (χ0v) is 7.28. The fourth-order valence-electron chi connectivity index (χ4n) is 0.751. The summed E-state index contributed by atoms with van der Waals surface area (Å²) in [6.07, 6.45) is 0. The fraction of sp³-hybridized carbons (Fsp3) is 0.250. The van der Waals surface area contributed by atoms with Gasteiger partial charge in [-0.25, -0.2) is 4.21 Å². The van der Waals surface area contributed by atoms with E-state index < -0.39 is 16.1 Å². The van der Waals surface area contributed by atoms with Gasteiger partial charge in [0.25, 0.3) is 0 Å². The molecule has 0 fully saturated rings. The van der Waals surface area contributed by atoms with E-state index in [1.807, 2.05) is 0 Å². The van der Waals surface area contributed by atoms with E-state index in [0.29, 0.717) is 6.92 Å². The van der Waals surface area contributed by atoms with Crippen molar-refractivity contribution in [2.75, 3.05) is 0 Å². The molecule has 1 atom stereocenters. The predicted molar refractivity (Wildman–Crippen MR) is 43.5 cm³/mol. The van der Waals surface area contributed by atoms with Gasteiger partial charge in [0, 0.05) is 11.8 Å². The van der Waals surface area contributed by atoms with Gasteiger partial charge in [-0.3, -0.25) is 0 Å². The van der Waals surface area contributed by atoms with Crippen LogP contribution >= 0.6 is 0 Å². The SMILES string of the molecule is CC(F)(F)S(=O)c1ccccc1. The maximum Gasteiger partial charge on any atom is 0.322 e. The van der Waals surface area contributed by atoms with Gasteiger partial charge in [0.2, 0.25) is 0 Å². The predicted octanol–water partition coefficient (Wildman–Crippen LogP) is 2.41. The van der Waals surface area contributed by atoms with Gasteiger partial charge >= 0.3 is 5.25 Å². The first-order valence-electron chi connectivity index (χ1n) is 3.36. The standard InChI is InChI=1S/C8H8F2OS/c1-8(9,10)12(11)7-5-3-2-4-6-7/h2-6H,1H3. The van der Waals surface area contributed by atoms with Crippen molar-refractivity contribution in [3.05, 3.63) is 30.3 Å². The number of rotatable bonds is 2. The van der Waals surface area contributed by atoms with E-state index in [-0.39, 0.29) is 4.90 Å². The van der Waals surface area contributed by atoms with Gasteiger partial charge < -0.3 is 0 Å². The maximum atomic E-state index is 12.5. The summed E-state index contributed by atoms with van der Waals surface area (Å²) < 4.78 is 36.0. The second-order valence-corrected chi connectivity index (χ2v) is 4.12. The minimum absolute atomic E-state index is 0.157. The molecule has 0 aliphatic heterocycles. The summed E-state index contributed by atoms with van der Waals surface area (Å²) in [6.45, 7) is 0.649. The van der Waals surface area contributed by atoms with Crippen LogP contribution in [0.5, 0.6) is 0 Å². The minimum Gasteiger partial charge on any atom is -0.248 e. The Bertz CT molecular complexity index is 279. The van der Waals surface area contributed by atoms with Crippen molar-refractivity contribution in [1.82, 2.24) is 0 Å². The van der Waals surface area contributed by atoms with Gasteiger partial charge in [0.05, 0.1) is 0 Å². The van der Waals surface area contributed by atoms with E-state index in [9.17, 15) is 13.0 Å². The molecule has 0 saturated carbocycles. The minimum atomic E-state index is -3.17. The van der Waals surface area contributed by atoms with Crippen LogP contribution in [0.1, 0.15) is 6.92 Å². The van der Waals surface area contributed by atoms with Crippen LogP contribution in [0.25, 0.3) is 0 Å². The van der Waals surface area contributed by atoms with Gasteiger partial charge in [0.1, 0.15) is 10.8 Å². The summed E-state index contributed by atoms with van der Waals surface area (Å²) in [7, 11) is -2.23. The molecule has 0 aromatic heterocycles. The van der Waals surface area contributed by atoms with E-state index in [4.69, 9.17) is 0 Å². The van der Waals surface area contributed by atoms with Crippen molar-refractivity contribution in [3.8, 4) is 0 Å². The average Bonchev–Trinajstić information content (AvgIpc) is 2.03. The van der Waals surface area contributed by atoms with Gasteiger partial charge in [-0.15, -0.1) is 0 Å². The molecule has 0 bridgehead atoms. The van der Waals surface area contributed by atoms with Gasteiger partial charge in [0.15, 0.2) is 0 Å². The van der Waals surface area contributed by atoms with Crippen LogP contribution in [0.2, 0.25) is 0 Å². The second kappa shape index (κ2) is 3.31. The fourth-order valence-corrected chi connectivity index (χ4v) is 1.57. The van der Waals surface area contributed by atoms with E-state index in [2.05, 4.69) is 0 Å². The third kappa shape index (κ3) is 2.11. The number of hydrogen-bond acceptors (Lipinski definition) is 1. The van der Waals surface area contributed by atoms with Crippen LogP contribution < -0.4 is 0 Å². The Morgan fingerprint density at radius 1 is 1.25 bits per heavy atom. The number of alkyl halides is 2. The van der Waals surface area contributed by atoms with Crippen molar-refractivity contribution in [1.29, 1.82) is 0 Å². The first-order chi connectivity index (χ1) is 5.52. The molecule has 0 heterocycles. The highest BCUT2D eigenvalue weighted by molar-refractivity contribution is 7.86. The van der Waals surface area contributed by atoms with Crippen LogP contribution in [-0.2, 0) is 10.8 Å². The third-order valence-electron chi connectivity index (χ3n) is 1.28. The second-order valence-electron chi connectivity index (χ2n) is 2.39. The zero-order chi connectivity index (χ0) is 9.19. The molecule has 4 heteroatoms. The summed E-state index contributed by atoms with van der Waals surface area (Å²) in [6, 6.07) is 7.70.